The van der Waals surface area contributed by atoms with Crippen molar-refractivity contribution in [1.29, 1.82) is 0 Å². The van der Waals surface area contributed by atoms with Crippen LogP contribution in [0.1, 0.15) is 50.0 Å². The molecule has 0 aromatic heterocycles. The average Bonchev–Trinajstić information content (AvgIpc) is 2.48. The van der Waals surface area contributed by atoms with E-state index >= 15 is 0 Å². The second-order valence-electron chi connectivity index (χ2n) is 6.81. The summed E-state index contributed by atoms with van der Waals surface area (Å²) in [5.41, 5.74) is 1.47. The Morgan fingerprint density at radius 2 is 1.71 bits per heavy atom. The minimum absolute atomic E-state index is 0.374. The van der Waals surface area contributed by atoms with Crippen LogP contribution in [0.3, 0.4) is 0 Å². The molecule has 2 N–H and O–H groups in total. The third-order valence-electron chi connectivity index (χ3n) is 5.45. The number of aliphatic hydroxyl groups excluding tert-OH is 1. The Hall–Kier alpha value is -0.380. The highest BCUT2D eigenvalue weighted by Gasteiger charge is 2.31. The average molecular weight is 352 g/mol. The first-order valence-electron chi connectivity index (χ1n) is 8.36. The van der Waals surface area contributed by atoms with Gasteiger partial charge >= 0.3 is 0 Å². The van der Waals surface area contributed by atoms with Crippen LogP contribution < -0.4 is 5.32 Å². The molecule has 0 radical (unpaired) electrons. The Morgan fingerprint density at radius 1 is 1.05 bits per heavy atom. The summed E-state index contributed by atoms with van der Waals surface area (Å²) in [7, 11) is 0. The lowest BCUT2D eigenvalue weighted by atomic mass is 9.75. The molecule has 0 saturated heterocycles. The van der Waals surface area contributed by atoms with E-state index in [2.05, 4.69) is 45.5 Å². The molecule has 0 amide bonds. The molecule has 3 rings (SSSR count). The van der Waals surface area contributed by atoms with E-state index in [1.807, 2.05) is 0 Å². The molecule has 2 nitrogen and oxygen atoms in total. The van der Waals surface area contributed by atoms with E-state index in [4.69, 9.17) is 0 Å². The quantitative estimate of drug-likeness (QED) is 0.837. The minimum Gasteiger partial charge on any atom is -0.396 e. The van der Waals surface area contributed by atoms with Gasteiger partial charge in [0.15, 0.2) is 0 Å². The number of hydrogen-bond acceptors (Lipinski definition) is 2. The summed E-state index contributed by atoms with van der Waals surface area (Å²) in [5, 5.41) is 13.2. The van der Waals surface area contributed by atoms with Crippen LogP contribution in [-0.4, -0.2) is 24.3 Å². The van der Waals surface area contributed by atoms with Gasteiger partial charge in [-0.2, -0.15) is 0 Å². The van der Waals surface area contributed by atoms with Crippen molar-refractivity contribution >= 4 is 15.9 Å². The number of nitrogens with one attached hydrogen (secondary N) is 1. The van der Waals surface area contributed by atoms with Crippen LogP contribution in [0.25, 0.3) is 0 Å². The molecule has 0 heterocycles. The van der Waals surface area contributed by atoms with E-state index in [9.17, 15) is 5.11 Å². The van der Waals surface area contributed by atoms with Crippen LogP contribution in [-0.2, 0) is 0 Å². The highest BCUT2D eigenvalue weighted by Crippen LogP contribution is 2.38. The van der Waals surface area contributed by atoms with Gasteiger partial charge in [-0.3, -0.25) is 0 Å². The molecule has 2 aliphatic carbocycles. The number of rotatable bonds is 5. The number of halogens is 1. The molecule has 0 bridgehead atoms. The van der Waals surface area contributed by atoms with Gasteiger partial charge in [0.25, 0.3) is 0 Å². The van der Waals surface area contributed by atoms with Crippen molar-refractivity contribution in [1.82, 2.24) is 5.32 Å². The maximum atomic E-state index is 9.48. The lowest BCUT2D eigenvalue weighted by molar-refractivity contribution is 0.126. The summed E-state index contributed by atoms with van der Waals surface area (Å²) in [6, 6.07) is 9.45. The molecule has 0 aliphatic heterocycles. The molecule has 2 aliphatic rings. The summed E-state index contributed by atoms with van der Waals surface area (Å²) >= 11 is 3.49. The lowest BCUT2D eigenvalue weighted by Crippen LogP contribution is -2.44. The Morgan fingerprint density at radius 3 is 2.38 bits per heavy atom. The van der Waals surface area contributed by atoms with Crippen molar-refractivity contribution in [2.24, 2.45) is 11.8 Å². The topological polar surface area (TPSA) is 32.3 Å². The van der Waals surface area contributed by atoms with Gasteiger partial charge in [-0.25, -0.2) is 0 Å². The normalized spacial score (nSPS) is 32.7. The van der Waals surface area contributed by atoms with Crippen LogP contribution in [0.5, 0.6) is 0 Å². The molecule has 1 aromatic carbocycles. The van der Waals surface area contributed by atoms with Crippen molar-refractivity contribution in [3.63, 3.8) is 0 Å². The number of hydrogen-bond donors (Lipinski definition) is 2. The zero-order valence-corrected chi connectivity index (χ0v) is 14.2. The Balaban J connectivity index is 1.41. The lowest BCUT2D eigenvalue weighted by Gasteiger charge is -2.39. The summed E-state index contributed by atoms with van der Waals surface area (Å²) < 4.78 is 1.16. The van der Waals surface area contributed by atoms with E-state index in [0.717, 1.165) is 16.9 Å². The second-order valence-corrected chi connectivity index (χ2v) is 7.73. The fourth-order valence-corrected chi connectivity index (χ4v) is 4.17. The Kier molecular flexibility index (Phi) is 5.36. The van der Waals surface area contributed by atoms with Gasteiger partial charge in [0.1, 0.15) is 0 Å². The minimum atomic E-state index is 0.374. The standard InChI is InChI=1S/C18H26BrNO/c19-17-7-5-13(6-8-17)16-9-18(10-16)20-11-14-3-1-2-4-15(14)12-21/h5-8,14-16,18,20-21H,1-4,9-12H2. The first kappa shape index (κ1) is 15.5. The summed E-state index contributed by atoms with van der Waals surface area (Å²) in [6.45, 7) is 1.47. The fourth-order valence-electron chi connectivity index (χ4n) is 3.90. The van der Waals surface area contributed by atoms with Crippen molar-refractivity contribution in [2.75, 3.05) is 13.2 Å². The van der Waals surface area contributed by atoms with Gasteiger partial charge in [0, 0.05) is 17.1 Å². The molecule has 2 fully saturated rings. The second kappa shape index (κ2) is 7.26. The van der Waals surface area contributed by atoms with Crippen LogP contribution in [0.15, 0.2) is 28.7 Å². The maximum absolute atomic E-state index is 9.48. The van der Waals surface area contributed by atoms with Crippen LogP contribution in [0.2, 0.25) is 0 Å². The molecule has 2 atom stereocenters. The molecule has 2 unspecified atom stereocenters. The van der Waals surface area contributed by atoms with Crippen LogP contribution in [0.4, 0.5) is 0 Å². The van der Waals surface area contributed by atoms with Gasteiger partial charge in [-0.1, -0.05) is 40.9 Å². The number of aliphatic hydroxyl groups is 1. The van der Waals surface area contributed by atoms with E-state index in [-0.39, 0.29) is 0 Å². The van der Waals surface area contributed by atoms with Gasteiger partial charge in [-0.15, -0.1) is 0 Å². The van der Waals surface area contributed by atoms with Crippen molar-refractivity contribution < 1.29 is 5.11 Å². The molecular formula is C18H26BrNO. The molecule has 116 valence electrons. The Labute approximate surface area is 136 Å². The molecular weight excluding hydrogens is 326 g/mol. The molecule has 1 aromatic rings. The molecule has 0 spiro atoms. The van der Waals surface area contributed by atoms with Gasteiger partial charge in [0.2, 0.25) is 0 Å². The van der Waals surface area contributed by atoms with Crippen LogP contribution >= 0.6 is 15.9 Å². The third-order valence-corrected chi connectivity index (χ3v) is 5.98. The molecule has 2 saturated carbocycles. The first-order valence-corrected chi connectivity index (χ1v) is 9.15. The van der Waals surface area contributed by atoms with E-state index < -0.39 is 0 Å². The van der Waals surface area contributed by atoms with Gasteiger partial charge in [-0.05, 0) is 67.7 Å². The summed E-state index contributed by atoms with van der Waals surface area (Å²) in [4.78, 5) is 0. The highest BCUT2D eigenvalue weighted by atomic mass is 79.9. The predicted molar refractivity (Wildman–Crippen MR) is 90.4 cm³/mol. The largest absolute Gasteiger partial charge is 0.396 e. The smallest absolute Gasteiger partial charge is 0.0462 e. The SMILES string of the molecule is OCC1CCCCC1CNC1CC(c2ccc(Br)cc2)C1. The third kappa shape index (κ3) is 3.88. The zero-order valence-electron chi connectivity index (χ0n) is 12.6. The van der Waals surface area contributed by atoms with Crippen molar-refractivity contribution in [3.8, 4) is 0 Å². The van der Waals surface area contributed by atoms with Crippen molar-refractivity contribution in [3.05, 3.63) is 34.3 Å². The fraction of sp³-hybridized carbons (Fsp3) is 0.667. The number of benzene rings is 1. The first-order chi connectivity index (χ1) is 10.3. The van der Waals surface area contributed by atoms with E-state index in [1.54, 1.807) is 0 Å². The van der Waals surface area contributed by atoms with Crippen molar-refractivity contribution in [2.45, 2.75) is 50.5 Å². The monoisotopic (exact) mass is 351 g/mol. The zero-order chi connectivity index (χ0) is 14.7. The summed E-state index contributed by atoms with van der Waals surface area (Å²) in [5.74, 6) is 1.96. The predicted octanol–water partition coefficient (Wildman–Crippen LogP) is 4.08. The van der Waals surface area contributed by atoms with E-state index in [0.29, 0.717) is 24.5 Å². The van der Waals surface area contributed by atoms with Crippen LogP contribution in [0, 0.1) is 11.8 Å². The maximum Gasteiger partial charge on any atom is 0.0462 e. The van der Waals surface area contributed by atoms with E-state index in [1.165, 1.54) is 44.1 Å². The molecule has 3 heteroatoms. The summed E-state index contributed by atoms with van der Waals surface area (Å²) in [6.07, 6.45) is 7.68. The Bertz CT molecular complexity index is 441. The van der Waals surface area contributed by atoms with Gasteiger partial charge < -0.3 is 10.4 Å². The molecule has 21 heavy (non-hydrogen) atoms. The van der Waals surface area contributed by atoms with Gasteiger partial charge in [0.05, 0.1) is 0 Å². The highest BCUT2D eigenvalue weighted by molar-refractivity contribution is 9.10.